The third-order valence-electron chi connectivity index (χ3n) is 4.37. The van der Waals surface area contributed by atoms with Crippen LogP contribution in [0.15, 0.2) is 18.2 Å². The third kappa shape index (κ3) is 2.00. The van der Waals surface area contributed by atoms with Crippen molar-refractivity contribution in [1.29, 1.82) is 0 Å². The van der Waals surface area contributed by atoms with E-state index in [9.17, 15) is 4.79 Å². The molecule has 0 aliphatic carbocycles. The van der Waals surface area contributed by atoms with Crippen molar-refractivity contribution in [1.82, 2.24) is 9.80 Å². The van der Waals surface area contributed by atoms with Gasteiger partial charge in [0.25, 0.3) is 5.91 Å². The second kappa shape index (κ2) is 4.53. The van der Waals surface area contributed by atoms with Crippen molar-refractivity contribution in [2.45, 2.75) is 5.92 Å². The van der Waals surface area contributed by atoms with Crippen LogP contribution in [0.1, 0.15) is 21.8 Å². The summed E-state index contributed by atoms with van der Waals surface area (Å²) in [6.07, 6.45) is 0. The zero-order chi connectivity index (χ0) is 13.6. The number of nitrogens with zero attached hydrogens (tertiary/aromatic N) is 2. The van der Waals surface area contributed by atoms with Crippen LogP contribution in [0.5, 0.6) is 5.75 Å². The number of likely N-dealkylation sites (tertiary alicyclic amines) is 1. The van der Waals surface area contributed by atoms with Crippen molar-refractivity contribution in [3.8, 4) is 5.75 Å². The van der Waals surface area contributed by atoms with Crippen molar-refractivity contribution in [3.63, 3.8) is 0 Å². The third-order valence-corrected chi connectivity index (χ3v) is 4.37. The Kier molecular flexibility index (Phi) is 2.97. The maximum absolute atomic E-state index is 12.5. The molecule has 2 aliphatic rings. The molecule has 1 saturated heterocycles. The first kappa shape index (κ1) is 12.5. The normalized spacial score (nSPS) is 26.9. The standard InChI is InChI=1S/C15H20N2O2/c1-16-7-10-8-17(2)15(18)13-6-11(19-3)4-5-12(13)14(10)9-16/h4-6,10,14H,7-9H2,1-3H3/t10-,14+/m0/s1. The first-order chi connectivity index (χ1) is 9.10. The minimum Gasteiger partial charge on any atom is -0.497 e. The molecule has 2 atom stereocenters. The highest BCUT2D eigenvalue weighted by Gasteiger charge is 2.38. The first-order valence-corrected chi connectivity index (χ1v) is 6.72. The number of benzene rings is 1. The van der Waals surface area contributed by atoms with Gasteiger partial charge in [-0.1, -0.05) is 6.07 Å². The van der Waals surface area contributed by atoms with Crippen molar-refractivity contribution in [2.24, 2.45) is 5.92 Å². The predicted octanol–water partition coefficient (Wildman–Crippen LogP) is 1.43. The van der Waals surface area contributed by atoms with Gasteiger partial charge >= 0.3 is 0 Å². The number of fused-ring (bicyclic) bond motifs is 3. The molecule has 1 aromatic carbocycles. The average Bonchev–Trinajstić information content (AvgIpc) is 2.73. The second-order valence-electron chi connectivity index (χ2n) is 5.73. The SMILES string of the molecule is COc1ccc2c(c1)C(=O)N(C)C[C@@H]1CN(C)C[C@@H]21. The van der Waals surface area contributed by atoms with Crippen LogP contribution in [0.3, 0.4) is 0 Å². The molecule has 3 rings (SSSR count). The van der Waals surface area contributed by atoms with E-state index in [1.807, 2.05) is 24.1 Å². The molecule has 0 aromatic heterocycles. The van der Waals surface area contributed by atoms with E-state index in [2.05, 4.69) is 18.0 Å². The number of carbonyl (C=O) groups is 1. The monoisotopic (exact) mass is 260 g/mol. The quantitative estimate of drug-likeness (QED) is 0.765. The zero-order valence-corrected chi connectivity index (χ0v) is 11.7. The van der Waals surface area contributed by atoms with Crippen molar-refractivity contribution < 1.29 is 9.53 Å². The molecular weight excluding hydrogens is 240 g/mol. The van der Waals surface area contributed by atoms with Gasteiger partial charge in [0, 0.05) is 38.2 Å². The summed E-state index contributed by atoms with van der Waals surface area (Å²) in [5, 5.41) is 0. The molecule has 0 spiro atoms. The second-order valence-corrected chi connectivity index (χ2v) is 5.73. The minimum atomic E-state index is 0.117. The fourth-order valence-corrected chi connectivity index (χ4v) is 3.44. The largest absolute Gasteiger partial charge is 0.497 e. The predicted molar refractivity (Wildman–Crippen MR) is 73.7 cm³/mol. The lowest BCUT2D eigenvalue weighted by Crippen LogP contribution is -2.31. The molecule has 0 bridgehead atoms. The fourth-order valence-electron chi connectivity index (χ4n) is 3.44. The van der Waals surface area contributed by atoms with Gasteiger partial charge in [-0.25, -0.2) is 0 Å². The van der Waals surface area contributed by atoms with Crippen LogP contribution >= 0.6 is 0 Å². The molecule has 2 heterocycles. The topological polar surface area (TPSA) is 32.8 Å². The summed E-state index contributed by atoms with van der Waals surface area (Å²) in [6, 6.07) is 5.92. The van der Waals surface area contributed by atoms with E-state index in [4.69, 9.17) is 4.74 Å². The lowest BCUT2D eigenvalue weighted by molar-refractivity contribution is 0.0781. The zero-order valence-electron chi connectivity index (χ0n) is 11.7. The Hall–Kier alpha value is -1.55. The Bertz CT molecular complexity index is 515. The number of amides is 1. The van der Waals surface area contributed by atoms with E-state index in [1.165, 1.54) is 5.56 Å². The van der Waals surface area contributed by atoms with E-state index >= 15 is 0 Å². The Labute approximate surface area is 113 Å². The molecule has 0 radical (unpaired) electrons. The van der Waals surface area contributed by atoms with Gasteiger partial charge in [-0.2, -0.15) is 0 Å². The maximum atomic E-state index is 12.5. The van der Waals surface area contributed by atoms with E-state index < -0.39 is 0 Å². The number of carbonyl (C=O) groups excluding carboxylic acids is 1. The van der Waals surface area contributed by atoms with Crippen LogP contribution in [0, 0.1) is 5.92 Å². The number of hydrogen-bond donors (Lipinski definition) is 0. The van der Waals surface area contributed by atoms with E-state index in [0.717, 1.165) is 30.9 Å². The van der Waals surface area contributed by atoms with Gasteiger partial charge in [0.05, 0.1) is 7.11 Å². The van der Waals surface area contributed by atoms with Crippen LogP contribution in [0.4, 0.5) is 0 Å². The number of ether oxygens (including phenoxy) is 1. The van der Waals surface area contributed by atoms with Crippen LogP contribution in [0.2, 0.25) is 0 Å². The van der Waals surface area contributed by atoms with Crippen LogP contribution in [-0.2, 0) is 0 Å². The lowest BCUT2D eigenvalue weighted by Gasteiger charge is -2.19. The van der Waals surface area contributed by atoms with Gasteiger partial charge in [-0.05, 0) is 30.7 Å². The molecule has 19 heavy (non-hydrogen) atoms. The average molecular weight is 260 g/mol. The number of likely N-dealkylation sites (N-methyl/N-ethyl adjacent to an activating group) is 1. The van der Waals surface area contributed by atoms with E-state index in [0.29, 0.717) is 11.8 Å². The Balaban J connectivity index is 2.10. The molecule has 1 fully saturated rings. The van der Waals surface area contributed by atoms with Crippen molar-refractivity contribution >= 4 is 5.91 Å². The molecule has 1 aromatic rings. The molecule has 4 nitrogen and oxygen atoms in total. The molecule has 102 valence electrons. The lowest BCUT2D eigenvalue weighted by atomic mass is 9.87. The first-order valence-electron chi connectivity index (χ1n) is 6.72. The van der Waals surface area contributed by atoms with Gasteiger partial charge in [0.15, 0.2) is 0 Å². The summed E-state index contributed by atoms with van der Waals surface area (Å²) in [6.45, 7) is 2.93. The molecule has 2 aliphatic heterocycles. The minimum absolute atomic E-state index is 0.117. The number of methoxy groups -OCH3 is 1. The molecular formula is C15H20N2O2. The molecule has 0 saturated carbocycles. The van der Waals surface area contributed by atoms with Crippen LogP contribution < -0.4 is 4.74 Å². The van der Waals surface area contributed by atoms with Gasteiger partial charge in [-0.15, -0.1) is 0 Å². The van der Waals surface area contributed by atoms with Crippen LogP contribution in [0.25, 0.3) is 0 Å². The highest BCUT2D eigenvalue weighted by Crippen LogP contribution is 2.38. The molecule has 4 heteroatoms. The maximum Gasteiger partial charge on any atom is 0.254 e. The van der Waals surface area contributed by atoms with Gasteiger partial charge < -0.3 is 14.5 Å². The van der Waals surface area contributed by atoms with Crippen molar-refractivity contribution in [2.75, 3.05) is 40.8 Å². The number of rotatable bonds is 1. The number of hydrogen-bond acceptors (Lipinski definition) is 3. The van der Waals surface area contributed by atoms with Crippen LogP contribution in [-0.4, -0.2) is 56.5 Å². The van der Waals surface area contributed by atoms with Gasteiger partial charge in [0.2, 0.25) is 0 Å². The Morgan fingerprint density at radius 2 is 2.00 bits per heavy atom. The Morgan fingerprint density at radius 1 is 1.21 bits per heavy atom. The summed E-state index contributed by atoms with van der Waals surface area (Å²) >= 11 is 0. The molecule has 1 amide bonds. The summed E-state index contributed by atoms with van der Waals surface area (Å²) < 4.78 is 5.26. The van der Waals surface area contributed by atoms with E-state index in [-0.39, 0.29) is 5.91 Å². The smallest absolute Gasteiger partial charge is 0.254 e. The summed E-state index contributed by atoms with van der Waals surface area (Å²) in [5.41, 5.74) is 1.99. The van der Waals surface area contributed by atoms with Crippen molar-refractivity contribution in [3.05, 3.63) is 29.3 Å². The Morgan fingerprint density at radius 3 is 2.74 bits per heavy atom. The highest BCUT2D eigenvalue weighted by atomic mass is 16.5. The fraction of sp³-hybridized carbons (Fsp3) is 0.533. The summed E-state index contributed by atoms with van der Waals surface area (Å²) in [5.74, 6) is 1.87. The van der Waals surface area contributed by atoms with Gasteiger partial charge in [0.1, 0.15) is 5.75 Å². The van der Waals surface area contributed by atoms with E-state index in [1.54, 1.807) is 7.11 Å². The molecule has 0 N–H and O–H groups in total. The summed E-state index contributed by atoms with van der Waals surface area (Å²) in [4.78, 5) is 16.7. The summed E-state index contributed by atoms with van der Waals surface area (Å²) in [7, 11) is 5.69. The molecule has 0 unspecified atom stereocenters. The highest BCUT2D eigenvalue weighted by molar-refractivity contribution is 5.96. The van der Waals surface area contributed by atoms with Gasteiger partial charge in [-0.3, -0.25) is 4.79 Å².